The summed E-state index contributed by atoms with van der Waals surface area (Å²) in [5.41, 5.74) is 12.8. The van der Waals surface area contributed by atoms with E-state index >= 15 is 0 Å². The number of nitrogens with zero attached hydrogens (tertiary/aromatic N) is 2. The Hall–Kier alpha value is -1.75. The Bertz CT molecular complexity index is 453. The quantitative estimate of drug-likeness (QED) is 0.477. The summed E-state index contributed by atoms with van der Waals surface area (Å²) in [5, 5.41) is 7.86. The Morgan fingerprint density at radius 3 is 2.71 bits per heavy atom. The van der Waals surface area contributed by atoms with E-state index in [2.05, 4.69) is 18.0 Å². The Morgan fingerprint density at radius 2 is 2.06 bits per heavy atom. The first-order valence-corrected chi connectivity index (χ1v) is 5.15. The molecule has 1 unspecified atom stereocenters. The minimum Gasteiger partial charge on any atom is -0.370 e. The van der Waals surface area contributed by atoms with Gasteiger partial charge >= 0.3 is 0 Å². The zero-order valence-electron chi connectivity index (χ0n) is 9.55. The molecule has 0 saturated carbocycles. The molecule has 0 saturated heterocycles. The third kappa shape index (κ3) is 2.50. The predicted octanol–water partition coefficient (Wildman–Crippen LogP) is 1.07. The van der Waals surface area contributed by atoms with Crippen LogP contribution in [-0.2, 0) is 6.42 Å². The predicted molar refractivity (Wildman–Crippen MR) is 72.9 cm³/mol. The summed E-state index contributed by atoms with van der Waals surface area (Å²) in [6.07, 6.45) is 0.915. The molecule has 0 aromatic heterocycles. The molecule has 1 aliphatic rings. The number of halogens is 1. The van der Waals surface area contributed by atoms with Crippen LogP contribution in [0.3, 0.4) is 0 Å². The first kappa shape index (κ1) is 13.3. The van der Waals surface area contributed by atoms with Crippen LogP contribution in [0.2, 0.25) is 0 Å². The Kier molecular flexibility index (Phi) is 3.96. The van der Waals surface area contributed by atoms with Crippen LogP contribution in [0.4, 0.5) is 5.69 Å². The summed E-state index contributed by atoms with van der Waals surface area (Å²) in [4.78, 5) is 5.63. The molecule has 1 aromatic carbocycles. The fourth-order valence-electron chi connectivity index (χ4n) is 2.06. The van der Waals surface area contributed by atoms with Crippen molar-refractivity contribution in [2.24, 2.45) is 16.5 Å². The first-order chi connectivity index (χ1) is 7.59. The molecular weight excluding hydrogens is 238 g/mol. The largest absolute Gasteiger partial charge is 0.370 e. The molecule has 0 bridgehead atoms. The van der Waals surface area contributed by atoms with Crippen LogP contribution < -0.4 is 16.4 Å². The minimum absolute atomic E-state index is 0. The molecule has 92 valence electrons. The summed E-state index contributed by atoms with van der Waals surface area (Å²) in [5.74, 6) is 0.0130. The van der Waals surface area contributed by atoms with E-state index < -0.39 is 0 Å². The number of nitrogens with one attached hydrogen (secondary N) is 1. The maximum absolute atomic E-state index is 7.86. The van der Waals surface area contributed by atoms with Gasteiger partial charge in [-0.05, 0) is 25.0 Å². The van der Waals surface area contributed by atoms with Gasteiger partial charge in [-0.2, -0.15) is 4.99 Å². The number of hydrogen-bond acceptors (Lipinski definition) is 1. The monoisotopic (exact) mass is 253 g/mol. The van der Waals surface area contributed by atoms with E-state index in [4.69, 9.17) is 16.9 Å². The number of para-hydroxylation sites is 1. The van der Waals surface area contributed by atoms with E-state index in [1.165, 1.54) is 5.56 Å². The van der Waals surface area contributed by atoms with Gasteiger partial charge < -0.3 is 16.4 Å². The Balaban J connectivity index is 0.00000144. The summed E-state index contributed by atoms with van der Waals surface area (Å²) >= 11 is 0. The van der Waals surface area contributed by atoms with E-state index in [0.29, 0.717) is 0 Å². The summed E-state index contributed by atoms with van der Waals surface area (Å²) in [7, 11) is 0. The molecule has 17 heavy (non-hydrogen) atoms. The Labute approximate surface area is 106 Å². The zero-order chi connectivity index (χ0) is 11.7. The zero-order valence-corrected chi connectivity index (χ0v) is 10.4. The number of aliphatic imine (C=N–C) groups is 1. The highest BCUT2D eigenvalue weighted by atomic mass is 35.5. The average Bonchev–Trinajstić information content (AvgIpc) is 2.52. The lowest BCUT2D eigenvalue weighted by Gasteiger charge is -2.22. The second kappa shape index (κ2) is 5.05. The summed E-state index contributed by atoms with van der Waals surface area (Å²) in [6.45, 7) is 2.05. The van der Waals surface area contributed by atoms with Crippen molar-refractivity contribution in [1.29, 1.82) is 5.41 Å². The molecule has 0 radical (unpaired) electrons. The van der Waals surface area contributed by atoms with Crippen LogP contribution >= 0.6 is 12.4 Å². The van der Waals surface area contributed by atoms with E-state index in [0.717, 1.165) is 12.1 Å². The standard InChI is InChI=1S/C11H15N5.ClH/c1-7-6-8-4-2-3-5-9(8)16(7)11(14)15-10(12)13;/h2-5,7H,6H2,1H3,(H5,12,13,14,15);1H. The van der Waals surface area contributed by atoms with Crippen molar-refractivity contribution in [3.8, 4) is 0 Å². The van der Waals surface area contributed by atoms with Gasteiger partial charge in [0.2, 0.25) is 5.96 Å². The maximum Gasteiger partial charge on any atom is 0.225 e. The molecule has 0 aliphatic carbocycles. The fraction of sp³-hybridized carbons (Fsp3) is 0.273. The highest BCUT2D eigenvalue weighted by Crippen LogP contribution is 2.31. The number of fused-ring (bicyclic) bond motifs is 1. The van der Waals surface area contributed by atoms with Crippen molar-refractivity contribution in [1.82, 2.24) is 0 Å². The van der Waals surface area contributed by atoms with Crippen molar-refractivity contribution in [3.63, 3.8) is 0 Å². The SMILES string of the molecule is CC1Cc2ccccc2N1C(=N)N=C(N)N.Cl. The van der Waals surface area contributed by atoms with Crippen LogP contribution in [-0.4, -0.2) is 18.0 Å². The van der Waals surface area contributed by atoms with Gasteiger partial charge in [0.15, 0.2) is 5.96 Å². The van der Waals surface area contributed by atoms with Crippen molar-refractivity contribution < 1.29 is 0 Å². The van der Waals surface area contributed by atoms with Crippen LogP contribution in [0.1, 0.15) is 12.5 Å². The molecule has 5 nitrogen and oxygen atoms in total. The van der Waals surface area contributed by atoms with E-state index in [-0.39, 0.29) is 30.4 Å². The van der Waals surface area contributed by atoms with Gasteiger partial charge in [-0.15, -0.1) is 12.4 Å². The van der Waals surface area contributed by atoms with Gasteiger partial charge in [-0.3, -0.25) is 5.41 Å². The van der Waals surface area contributed by atoms with Crippen molar-refractivity contribution in [3.05, 3.63) is 29.8 Å². The third-order valence-electron chi connectivity index (χ3n) is 2.67. The van der Waals surface area contributed by atoms with E-state index in [1.807, 2.05) is 23.1 Å². The van der Waals surface area contributed by atoms with Gasteiger partial charge in [-0.1, -0.05) is 18.2 Å². The molecule has 0 amide bonds. The first-order valence-electron chi connectivity index (χ1n) is 5.15. The molecule has 1 atom stereocenters. The van der Waals surface area contributed by atoms with Crippen LogP contribution in [0.25, 0.3) is 0 Å². The van der Waals surface area contributed by atoms with Crippen molar-refractivity contribution in [2.45, 2.75) is 19.4 Å². The lowest BCUT2D eigenvalue weighted by Crippen LogP contribution is -2.36. The van der Waals surface area contributed by atoms with Gasteiger partial charge in [0, 0.05) is 11.7 Å². The van der Waals surface area contributed by atoms with Crippen molar-refractivity contribution in [2.75, 3.05) is 4.90 Å². The second-order valence-corrected chi connectivity index (χ2v) is 3.91. The van der Waals surface area contributed by atoms with Gasteiger partial charge in [0.1, 0.15) is 0 Å². The van der Waals surface area contributed by atoms with Crippen LogP contribution in [0.5, 0.6) is 0 Å². The average molecular weight is 254 g/mol. The number of benzene rings is 1. The van der Waals surface area contributed by atoms with Gasteiger partial charge in [-0.25, -0.2) is 0 Å². The smallest absolute Gasteiger partial charge is 0.225 e. The number of rotatable bonds is 0. The molecule has 5 N–H and O–H groups in total. The normalized spacial score (nSPS) is 17.0. The highest BCUT2D eigenvalue weighted by Gasteiger charge is 2.28. The van der Waals surface area contributed by atoms with Gasteiger partial charge in [0.25, 0.3) is 0 Å². The second-order valence-electron chi connectivity index (χ2n) is 3.91. The molecule has 0 fully saturated rings. The molecule has 6 heteroatoms. The van der Waals surface area contributed by atoms with Crippen LogP contribution in [0, 0.1) is 5.41 Å². The maximum atomic E-state index is 7.86. The number of nitrogens with two attached hydrogens (primary N) is 2. The fourth-order valence-corrected chi connectivity index (χ4v) is 2.06. The third-order valence-corrected chi connectivity index (χ3v) is 2.67. The molecule has 1 aromatic rings. The van der Waals surface area contributed by atoms with Gasteiger partial charge in [0.05, 0.1) is 0 Å². The molecule has 1 heterocycles. The lowest BCUT2D eigenvalue weighted by atomic mass is 10.1. The summed E-state index contributed by atoms with van der Waals surface area (Å²) < 4.78 is 0. The number of guanidine groups is 2. The Morgan fingerprint density at radius 1 is 1.41 bits per heavy atom. The summed E-state index contributed by atoms with van der Waals surface area (Å²) in [6, 6.07) is 8.21. The number of anilines is 1. The van der Waals surface area contributed by atoms with E-state index in [9.17, 15) is 0 Å². The number of hydrogen-bond donors (Lipinski definition) is 3. The lowest BCUT2D eigenvalue weighted by molar-refractivity contribution is 0.767. The highest BCUT2D eigenvalue weighted by molar-refractivity contribution is 6.02. The minimum atomic E-state index is -0.0819. The molecule has 0 spiro atoms. The molecule has 2 rings (SSSR count). The molecular formula is C11H16ClN5. The topological polar surface area (TPSA) is 91.5 Å². The molecule has 1 aliphatic heterocycles. The van der Waals surface area contributed by atoms with E-state index in [1.54, 1.807) is 0 Å². The van der Waals surface area contributed by atoms with Crippen molar-refractivity contribution >= 4 is 30.0 Å². The van der Waals surface area contributed by atoms with Crippen LogP contribution in [0.15, 0.2) is 29.3 Å².